The van der Waals surface area contributed by atoms with Crippen molar-refractivity contribution >= 4 is 11.9 Å². The van der Waals surface area contributed by atoms with Gasteiger partial charge in [0.1, 0.15) is 12.2 Å². The van der Waals surface area contributed by atoms with Crippen molar-refractivity contribution in [1.29, 1.82) is 0 Å². The molecule has 1 aliphatic carbocycles. The Kier molecular flexibility index (Phi) is 7.56. The fourth-order valence-corrected chi connectivity index (χ4v) is 6.39. The van der Waals surface area contributed by atoms with E-state index in [1.807, 2.05) is 38.1 Å². The number of esters is 2. The standard InChI is InChI=1S/C36H32O10/c1-19-20(2)30(46-36(38)22-13-9-6-10-14-22)24-16-26-32(44-18-42-26)34(40-4)28(24)27-23(15-25-31(33(27)39-3)43-17-41-25)29(19)45-35(37)21-11-7-5-8-12-21/h5-16,19-20,29-30H,17-18H2,1-4H3/t19-,20+,29-,30-/m0/s1. The van der Waals surface area contributed by atoms with E-state index in [1.54, 1.807) is 48.5 Å². The molecular formula is C36H32O10. The minimum Gasteiger partial charge on any atom is -0.492 e. The summed E-state index contributed by atoms with van der Waals surface area (Å²) >= 11 is 0. The number of methoxy groups -OCH3 is 2. The van der Waals surface area contributed by atoms with Crippen LogP contribution >= 0.6 is 0 Å². The summed E-state index contributed by atoms with van der Waals surface area (Å²) in [5.74, 6) is 0.558. The Hall–Kier alpha value is -5.38. The topological polar surface area (TPSA) is 108 Å². The first-order valence-electron chi connectivity index (χ1n) is 14.9. The zero-order valence-corrected chi connectivity index (χ0v) is 25.7. The number of rotatable bonds is 6. The molecule has 46 heavy (non-hydrogen) atoms. The summed E-state index contributed by atoms with van der Waals surface area (Å²) in [6.07, 6.45) is -1.69. The first kappa shape index (κ1) is 29.3. The highest BCUT2D eigenvalue weighted by Crippen LogP contribution is 2.61. The van der Waals surface area contributed by atoms with Crippen LogP contribution in [0.5, 0.6) is 34.5 Å². The van der Waals surface area contributed by atoms with E-state index in [4.69, 9.17) is 37.9 Å². The molecule has 0 radical (unpaired) electrons. The van der Waals surface area contributed by atoms with Gasteiger partial charge in [-0.2, -0.15) is 0 Å². The zero-order valence-electron chi connectivity index (χ0n) is 25.7. The van der Waals surface area contributed by atoms with E-state index in [0.717, 1.165) is 0 Å². The van der Waals surface area contributed by atoms with Crippen LogP contribution in [-0.2, 0) is 9.47 Å². The molecule has 2 aliphatic heterocycles. The van der Waals surface area contributed by atoms with Crippen molar-refractivity contribution < 1.29 is 47.5 Å². The fraction of sp³-hybridized carbons (Fsp3) is 0.278. The van der Waals surface area contributed by atoms with E-state index in [-0.39, 0.29) is 13.6 Å². The van der Waals surface area contributed by atoms with Gasteiger partial charge >= 0.3 is 11.9 Å². The van der Waals surface area contributed by atoms with E-state index in [1.165, 1.54) is 14.2 Å². The van der Waals surface area contributed by atoms with E-state index < -0.39 is 36.0 Å². The van der Waals surface area contributed by atoms with E-state index >= 15 is 0 Å². The maximum Gasteiger partial charge on any atom is 0.338 e. The molecular weight excluding hydrogens is 592 g/mol. The van der Waals surface area contributed by atoms with Crippen molar-refractivity contribution in [3.8, 4) is 45.6 Å². The van der Waals surface area contributed by atoms with Gasteiger partial charge in [0.15, 0.2) is 23.0 Å². The molecule has 0 bridgehead atoms. The van der Waals surface area contributed by atoms with Crippen LogP contribution in [0.25, 0.3) is 11.1 Å². The molecule has 0 fully saturated rings. The normalized spacial score (nSPS) is 20.4. The Morgan fingerprint density at radius 3 is 1.37 bits per heavy atom. The van der Waals surface area contributed by atoms with Gasteiger partial charge in [0.25, 0.3) is 0 Å². The molecule has 3 aliphatic rings. The van der Waals surface area contributed by atoms with Crippen molar-refractivity contribution in [1.82, 2.24) is 0 Å². The first-order valence-corrected chi connectivity index (χ1v) is 14.9. The van der Waals surface area contributed by atoms with E-state index in [0.29, 0.717) is 67.9 Å². The molecule has 7 rings (SSSR count). The molecule has 0 saturated carbocycles. The SMILES string of the molecule is COc1c2c(cc3c1-c1c(cc4c(c1OC)OCO4)[C@@H](OC(=O)c1ccccc1)[C@@H](C)[C@@H](C)[C@@H]3OC(=O)c1ccccc1)OCO2. The molecule has 0 amide bonds. The van der Waals surface area contributed by atoms with Gasteiger partial charge in [-0.1, -0.05) is 50.2 Å². The molecule has 236 valence electrons. The van der Waals surface area contributed by atoms with Crippen LogP contribution in [-0.4, -0.2) is 39.7 Å². The summed E-state index contributed by atoms with van der Waals surface area (Å²) in [4.78, 5) is 27.3. The van der Waals surface area contributed by atoms with Gasteiger partial charge in [-0.15, -0.1) is 0 Å². The predicted molar refractivity (Wildman–Crippen MR) is 165 cm³/mol. The summed E-state index contributed by atoms with van der Waals surface area (Å²) in [6, 6.07) is 21.2. The van der Waals surface area contributed by atoms with Gasteiger partial charge in [0.05, 0.1) is 25.3 Å². The van der Waals surface area contributed by atoms with Crippen molar-refractivity contribution in [3.05, 3.63) is 95.1 Å². The van der Waals surface area contributed by atoms with Crippen LogP contribution in [0.2, 0.25) is 0 Å². The Labute approximate surface area is 265 Å². The van der Waals surface area contributed by atoms with Gasteiger partial charge in [0.2, 0.25) is 25.1 Å². The molecule has 0 saturated heterocycles. The largest absolute Gasteiger partial charge is 0.492 e. The van der Waals surface area contributed by atoms with Crippen LogP contribution in [0.1, 0.15) is 57.9 Å². The summed E-state index contributed by atoms with van der Waals surface area (Å²) in [5.41, 5.74) is 3.07. The lowest BCUT2D eigenvalue weighted by Gasteiger charge is -2.38. The van der Waals surface area contributed by atoms with Gasteiger partial charge in [-0.05, 0) is 36.4 Å². The first-order chi connectivity index (χ1) is 22.4. The average molecular weight is 625 g/mol. The fourth-order valence-electron chi connectivity index (χ4n) is 6.39. The molecule has 4 atom stereocenters. The lowest BCUT2D eigenvalue weighted by Crippen LogP contribution is -2.31. The number of carbonyl (C=O) groups is 2. The lowest BCUT2D eigenvalue weighted by molar-refractivity contribution is -0.0271. The minimum atomic E-state index is -0.845. The number of hydrogen-bond acceptors (Lipinski definition) is 10. The highest BCUT2D eigenvalue weighted by atomic mass is 16.7. The summed E-state index contributed by atoms with van der Waals surface area (Å²) < 4.78 is 48.2. The van der Waals surface area contributed by atoms with Crippen LogP contribution < -0.4 is 28.4 Å². The molecule has 0 unspecified atom stereocenters. The van der Waals surface area contributed by atoms with Gasteiger partial charge in [-0.3, -0.25) is 0 Å². The summed E-state index contributed by atoms with van der Waals surface area (Å²) in [7, 11) is 3.05. The molecule has 0 N–H and O–H groups in total. The predicted octanol–water partition coefficient (Wildman–Crippen LogP) is 6.91. The van der Waals surface area contributed by atoms with Crippen LogP contribution in [0.3, 0.4) is 0 Å². The lowest BCUT2D eigenvalue weighted by atomic mass is 9.74. The molecule has 10 heteroatoms. The average Bonchev–Trinajstić information content (AvgIpc) is 3.77. The second-order valence-electron chi connectivity index (χ2n) is 11.3. The van der Waals surface area contributed by atoms with Crippen molar-refractivity contribution in [3.63, 3.8) is 0 Å². The smallest absolute Gasteiger partial charge is 0.338 e. The number of ether oxygens (including phenoxy) is 8. The van der Waals surface area contributed by atoms with Gasteiger partial charge in [0, 0.05) is 34.1 Å². The highest BCUT2D eigenvalue weighted by Gasteiger charge is 2.45. The Morgan fingerprint density at radius 1 is 0.609 bits per heavy atom. The maximum atomic E-state index is 13.7. The highest BCUT2D eigenvalue weighted by molar-refractivity contribution is 5.93. The monoisotopic (exact) mass is 624 g/mol. The molecule has 4 aromatic carbocycles. The van der Waals surface area contributed by atoms with Crippen molar-refractivity contribution in [2.45, 2.75) is 26.1 Å². The quantitative estimate of drug-likeness (QED) is 0.210. The van der Waals surface area contributed by atoms with Gasteiger partial charge in [-0.25, -0.2) is 9.59 Å². The van der Waals surface area contributed by atoms with Crippen molar-refractivity contribution in [2.24, 2.45) is 11.8 Å². The van der Waals surface area contributed by atoms with Crippen molar-refractivity contribution in [2.75, 3.05) is 27.8 Å². The number of fused-ring (bicyclic) bond motifs is 5. The van der Waals surface area contributed by atoms with Crippen LogP contribution in [0.15, 0.2) is 72.8 Å². The third-order valence-corrected chi connectivity index (χ3v) is 8.84. The maximum absolute atomic E-state index is 13.7. The Morgan fingerprint density at radius 2 is 1.00 bits per heavy atom. The summed E-state index contributed by atoms with van der Waals surface area (Å²) in [6.45, 7) is 3.90. The Bertz CT molecular complexity index is 1670. The molecule has 4 aromatic rings. The molecule has 0 aromatic heterocycles. The second kappa shape index (κ2) is 11.8. The van der Waals surface area contributed by atoms with E-state index in [9.17, 15) is 9.59 Å². The third kappa shape index (κ3) is 4.81. The second-order valence-corrected chi connectivity index (χ2v) is 11.3. The van der Waals surface area contributed by atoms with E-state index in [2.05, 4.69) is 0 Å². The minimum absolute atomic E-state index is 0.0164. The summed E-state index contributed by atoms with van der Waals surface area (Å²) in [5, 5.41) is 0. The number of carbonyl (C=O) groups excluding carboxylic acids is 2. The molecule has 10 nitrogen and oxygen atoms in total. The van der Waals surface area contributed by atoms with Gasteiger partial charge < -0.3 is 37.9 Å². The van der Waals surface area contributed by atoms with Crippen LogP contribution in [0, 0.1) is 11.8 Å². The van der Waals surface area contributed by atoms with Crippen LogP contribution in [0.4, 0.5) is 0 Å². The third-order valence-electron chi connectivity index (χ3n) is 8.84. The molecule has 2 heterocycles. The number of benzene rings is 4. The Balaban J connectivity index is 1.51. The molecule has 0 spiro atoms. The number of hydrogen-bond donors (Lipinski definition) is 0. The zero-order chi connectivity index (χ0) is 31.9.